The molecule has 0 atom stereocenters. The van der Waals surface area contributed by atoms with Crippen LogP contribution in [0.5, 0.6) is 5.75 Å². The van der Waals surface area contributed by atoms with E-state index in [4.69, 9.17) is 4.74 Å². The summed E-state index contributed by atoms with van der Waals surface area (Å²) in [6, 6.07) is 6.38. The lowest BCUT2D eigenvalue weighted by molar-refractivity contribution is 0.412. The Morgan fingerprint density at radius 3 is 2.71 bits per heavy atom. The van der Waals surface area contributed by atoms with Crippen LogP contribution >= 0.6 is 27.7 Å². The summed E-state index contributed by atoms with van der Waals surface area (Å²) in [7, 11) is 1.70. The zero-order chi connectivity index (χ0) is 12.1. The average molecular weight is 315 g/mol. The van der Waals surface area contributed by atoms with Crippen molar-refractivity contribution in [1.82, 2.24) is 0 Å². The van der Waals surface area contributed by atoms with Crippen molar-refractivity contribution in [1.29, 1.82) is 0 Å². The van der Waals surface area contributed by atoms with Gasteiger partial charge in [0.2, 0.25) is 0 Å². The second-order valence-electron chi connectivity index (χ2n) is 4.54. The van der Waals surface area contributed by atoms with E-state index >= 15 is 0 Å². The van der Waals surface area contributed by atoms with Crippen LogP contribution in [0.4, 0.5) is 0 Å². The Hall–Kier alpha value is -0.150. The maximum Gasteiger partial charge on any atom is 0.133 e. The largest absolute Gasteiger partial charge is 0.496 e. The van der Waals surface area contributed by atoms with Gasteiger partial charge >= 0.3 is 0 Å². The van der Waals surface area contributed by atoms with Crippen LogP contribution in [0.15, 0.2) is 22.7 Å². The van der Waals surface area contributed by atoms with Crippen molar-refractivity contribution >= 4 is 27.7 Å². The summed E-state index contributed by atoms with van der Waals surface area (Å²) in [5.74, 6) is 2.03. The molecule has 0 bridgehead atoms. The number of rotatable bonds is 4. The molecule has 0 aliphatic heterocycles. The van der Waals surface area contributed by atoms with E-state index in [1.807, 2.05) is 6.07 Å². The molecule has 2 rings (SSSR count). The van der Waals surface area contributed by atoms with Crippen LogP contribution in [-0.4, -0.2) is 12.4 Å². The molecule has 0 saturated heterocycles. The fourth-order valence-electron chi connectivity index (χ4n) is 2.25. The highest BCUT2D eigenvalue weighted by Crippen LogP contribution is 2.32. The van der Waals surface area contributed by atoms with Gasteiger partial charge in [-0.15, -0.1) is 0 Å². The van der Waals surface area contributed by atoms with Crippen molar-refractivity contribution in [3.8, 4) is 5.75 Å². The van der Waals surface area contributed by atoms with Gasteiger partial charge in [-0.2, -0.15) is 11.8 Å². The smallest absolute Gasteiger partial charge is 0.133 e. The highest BCUT2D eigenvalue weighted by molar-refractivity contribution is 9.10. The third kappa shape index (κ3) is 3.92. The van der Waals surface area contributed by atoms with Gasteiger partial charge in [0, 0.05) is 11.0 Å². The first kappa shape index (κ1) is 13.3. The van der Waals surface area contributed by atoms with Gasteiger partial charge in [-0.1, -0.05) is 25.3 Å². The summed E-state index contributed by atoms with van der Waals surface area (Å²) in [4.78, 5) is 0. The molecule has 0 spiro atoms. The zero-order valence-corrected chi connectivity index (χ0v) is 12.6. The van der Waals surface area contributed by atoms with E-state index in [0.717, 1.165) is 21.2 Å². The van der Waals surface area contributed by atoms with Gasteiger partial charge in [-0.3, -0.25) is 0 Å². The van der Waals surface area contributed by atoms with Gasteiger partial charge in [-0.05, 0) is 46.5 Å². The maximum absolute atomic E-state index is 5.24. The van der Waals surface area contributed by atoms with E-state index in [9.17, 15) is 0 Å². The standard InChI is InChI=1S/C14H19BrOS/c1-16-14-8-7-11(9-13(14)15)10-17-12-5-3-2-4-6-12/h7-9,12H,2-6,10H2,1H3. The first-order valence-electron chi connectivity index (χ1n) is 6.23. The Labute approximate surface area is 116 Å². The van der Waals surface area contributed by atoms with Crippen LogP contribution in [0.25, 0.3) is 0 Å². The van der Waals surface area contributed by atoms with Crippen LogP contribution in [-0.2, 0) is 5.75 Å². The van der Waals surface area contributed by atoms with Crippen LogP contribution in [0.3, 0.4) is 0 Å². The molecule has 1 aliphatic carbocycles. The van der Waals surface area contributed by atoms with E-state index in [0.29, 0.717) is 0 Å². The molecular weight excluding hydrogens is 296 g/mol. The predicted molar refractivity (Wildman–Crippen MR) is 78.9 cm³/mol. The molecule has 0 radical (unpaired) electrons. The Bertz CT molecular complexity index is 361. The average Bonchev–Trinajstić information content (AvgIpc) is 2.38. The quantitative estimate of drug-likeness (QED) is 0.771. The van der Waals surface area contributed by atoms with Crippen molar-refractivity contribution in [2.24, 2.45) is 0 Å². The molecule has 1 aliphatic rings. The summed E-state index contributed by atoms with van der Waals surface area (Å²) in [6.45, 7) is 0. The third-order valence-electron chi connectivity index (χ3n) is 3.25. The number of ether oxygens (including phenoxy) is 1. The van der Waals surface area contributed by atoms with Gasteiger partial charge in [0.05, 0.1) is 11.6 Å². The first-order chi connectivity index (χ1) is 8.29. The fraction of sp³-hybridized carbons (Fsp3) is 0.571. The van der Waals surface area contributed by atoms with Crippen LogP contribution in [0.1, 0.15) is 37.7 Å². The fourth-order valence-corrected chi connectivity index (χ4v) is 4.11. The lowest BCUT2D eigenvalue weighted by Gasteiger charge is -2.21. The predicted octanol–water partition coefficient (Wildman–Crippen LogP) is 5.02. The molecule has 1 aromatic carbocycles. The molecule has 1 nitrogen and oxygen atoms in total. The Morgan fingerprint density at radius 1 is 1.29 bits per heavy atom. The van der Waals surface area contributed by atoms with Crippen molar-refractivity contribution in [2.75, 3.05) is 7.11 Å². The molecule has 1 aromatic rings. The number of methoxy groups -OCH3 is 1. The highest BCUT2D eigenvalue weighted by atomic mass is 79.9. The van der Waals surface area contributed by atoms with Gasteiger partial charge in [0.15, 0.2) is 0 Å². The van der Waals surface area contributed by atoms with E-state index < -0.39 is 0 Å². The van der Waals surface area contributed by atoms with Gasteiger partial charge in [0.25, 0.3) is 0 Å². The summed E-state index contributed by atoms with van der Waals surface area (Å²) in [5.41, 5.74) is 1.38. The summed E-state index contributed by atoms with van der Waals surface area (Å²) >= 11 is 5.65. The van der Waals surface area contributed by atoms with Crippen LogP contribution in [0.2, 0.25) is 0 Å². The lowest BCUT2D eigenvalue weighted by Crippen LogP contribution is -2.08. The van der Waals surface area contributed by atoms with Crippen molar-refractivity contribution in [3.05, 3.63) is 28.2 Å². The summed E-state index contributed by atoms with van der Waals surface area (Å²) < 4.78 is 6.30. The van der Waals surface area contributed by atoms with E-state index in [1.165, 1.54) is 37.7 Å². The summed E-state index contributed by atoms with van der Waals surface area (Å²) in [6.07, 6.45) is 7.09. The van der Waals surface area contributed by atoms with Crippen molar-refractivity contribution in [3.63, 3.8) is 0 Å². The lowest BCUT2D eigenvalue weighted by atomic mass is 10.0. The molecule has 1 fully saturated rings. The Kier molecular flexibility index (Phi) is 5.23. The van der Waals surface area contributed by atoms with Crippen LogP contribution in [0, 0.1) is 0 Å². The minimum Gasteiger partial charge on any atom is -0.496 e. The van der Waals surface area contributed by atoms with E-state index in [2.05, 4.69) is 39.8 Å². The van der Waals surface area contributed by atoms with Crippen molar-refractivity contribution in [2.45, 2.75) is 43.1 Å². The molecule has 17 heavy (non-hydrogen) atoms. The molecule has 94 valence electrons. The number of halogens is 1. The number of thioether (sulfide) groups is 1. The zero-order valence-electron chi connectivity index (χ0n) is 10.2. The van der Waals surface area contributed by atoms with E-state index in [-0.39, 0.29) is 0 Å². The molecule has 3 heteroatoms. The highest BCUT2D eigenvalue weighted by Gasteiger charge is 2.13. The normalized spacial score (nSPS) is 17.1. The second-order valence-corrected chi connectivity index (χ2v) is 6.68. The molecule has 1 saturated carbocycles. The van der Waals surface area contributed by atoms with Crippen LogP contribution < -0.4 is 4.74 Å². The second kappa shape index (κ2) is 6.69. The number of hydrogen-bond acceptors (Lipinski definition) is 2. The maximum atomic E-state index is 5.24. The number of benzene rings is 1. The monoisotopic (exact) mass is 314 g/mol. The molecule has 0 amide bonds. The SMILES string of the molecule is COc1ccc(CSC2CCCCC2)cc1Br. The molecule has 0 aromatic heterocycles. The van der Waals surface area contributed by atoms with Crippen molar-refractivity contribution < 1.29 is 4.74 Å². The van der Waals surface area contributed by atoms with Gasteiger partial charge < -0.3 is 4.74 Å². The number of hydrogen-bond donors (Lipinski definition) is 0. The molecule has 0 unspecified atom stereocenters. The van der Waals surface area contributed by atoms with Gasteiger partial charge in [0.1, 0.15) is 5.75 Å². The Balaban J connectivity index is 1.87. The summed E-state index contributed by atoms with van der Waals surface area (Å²) in [5, 5.41) is 0.879. The third-order valence-corrected chi connectivity index (χ3v) is 5.32. The minimum atomic E-state index is 0.879. The molecule has 0 N–H and O–H groups in total. The topological polar surface area (TPSA) is 9.23 Å². The molecular formula is C14H19BrOS. The first-order valence-corrected chi connectivity index (χ1v) is 8.08. The molecule has 0 heterocycles. The van der Waals surface area contributed by atoms with Gasteiger partial charge in [-0.25, -0.2) is 0 Å². The minimum absolute atomic E-state index is 0.879. The van der Waals surface area contributed by atoms with E-state index in [1.54, 1.807) is 7.11 Å². The Morgan fingerprint density at radius 2 is 2.06 bits per heavy atom.